The van der Waals surface area contributed by atoms with E-state index in [9.17, 15) is 4.79 Å². The second-order valence-electron chi connectivity index (χ2n) is 5.50. The van der Waals surface area contributed by atoms with Crippen molar-refractivity contribution in [3.8, 4) is 0 Å². The third kappa shape index (κ3) is 3.07. The first-order chi connectivity index (χ1) is 9.72. The standard InChI is InChI=1S/C16H26N2OS/c1-4-7-9-13-16(19)18(12(5-2)6-3)15(17-13)14-10-8-11-20-14/h8,10-13,15,17H,4-7,9H2,1-3H3. The van der Waals surface area contributed by atoms with Crippen LogP contribution in [0.5, 0.6) is 0 Å². The van der Waals surface area contributed by atoms with Gasteiger partial charge in [0.2, 0.25) is 5.91 Å². The maximum absolute atomic E-state index is 12.7. The lowest BCUT2D eigenvalue weighted by Gasteiger charge is -2.31. The van der Waals surface area contributed by atoms with Gasteiger partial charge in [-0.25, -0.2) is 0 Å². The van der Waals surface area contributed by atoms with Crippen molar-refractivity contribution in [2.24, 2.45) is 0 Å². The second-order valence-corrected chi connectivity index (χ2v) is 6.47. The predicted molar refractivity (Wildman–Crippen MR) is 84.7 cm³/mol. The molecule has 1 N–H and O–H groups in total. The molecule has 1 aromatic rings. The van der Waals surface area contributed by atoms with Crippen LogP contribution in [0.1, 0.15) is 63.9 Å². The number of unbranched alkanes of at least 4 members (excludes halogenated alkanes) is 1. The number of carbonyl (C=O) groups excluding carboxylic acids is 1. The Hall–Kier alpha value is -0.870. The summed E-state index contributed by atoms with van der Waals surface area (Å²) in [5, 5.41) is 5.65. The van der Waals surface area contributed by atoms with Gasteiger partial charge in [-0.05, 0) is 30.7 Å². The van der Waals surface area contributed by atoms with E-state index in [1.165, 1.54) is 4.88 Å². The average Bonchev–Trinajstić information content (AvgIpc) is 3.08. The van der Waals surface area contributed by atoms with Gasteiger partial charge in [-0.1, -0.05) is 39.7 Å². The largest absolute Gasteiger partial charge is 0.318 e. The number of rotatable bonds is 7. The topological polar surface area (TPSA) is 32.3 Å². The van der Waals surface area contributed by atoms with Gasteiger partial charge in [-0.15, -0.1) is 11.3 Å². The van der Waals surface area contributed by atoms with Gasteiger partial charge in [-0.2, -0.15) is 0 Å². The Kier molecular flexibility index (Phi) is 5.61. The lowest BCUT2D eigenvalue weighted by atomic mass is 10.1. The van der Waals surface area contributed by atoms with Crippen LogP contribution < -0.4 is 5.32 Å². The van der Waals surface area contributed by atoms with Crippen LogP contribution in [0.2, 0.25) is 0 Å². The van der Waals surface area contributed by atoms with E-state index >= 15 is 0 Å². The van der Waals surface area contributed by atoms with E-state index in [2.05, 4.69) is 48.5 Å². The van der Waals surface area contributed by atoms with Crippen LogP contribution in [0.25, 0.3) is 0 Å². The molecule has 3 nitrogen and oxygen atoms in total. The number of hydrogen-bond donors (Lipinski definition) is 1. The molecule has 0 saturated carbocycles. The molecule has 0 radical (unpaired) electrons. The summed E-state index contributed by atoms with van der Waals surface area (Å²) in [6, 6.07) is 4.54. The predicted octanol–water partition coefficient (Wildman–Crippen LogP) is 3.93. The number of amides is 1. The van der Waals surface area contributed by atoms with Gasteiger partial charge < -0.3 is 4.90 Å². The molecule has 1 aliphatic heterocycles. The Morgan fingerprint density at radius 1 is 1.35 bits per heavy atom. The summed E-state index contributed by atoms with van der Waals surface area (Å²) in [5.74, 6) is 0.297. The number of hydrogen-bond acceptors (Lipinski definition) is 3. The van der Waals surface area contributed by atoms with Crippen LogP contribution in [0.4, 0.5) is 0 Å². The van der Waals surface area contributed by atoms with Crippen LogP contribution in [0.15, 0.2) is 17.5 Å². The van der Waals surface area contributed by atoms with Gasteiger partial charge in [0.15, 0.2) is 0 Å². The molecule has 2 heterocycles. The molecule has 4 heteroatoms. The van der Waals surface area contributed by atoms with E-state index < -0.39 is 0 Å². The zero-order valence-corrected chi connectivity index (χ0v) is 13.6. The quantitative estimate of drug-likeness (QED) is 0.826. The molecule has 0 aromatic carbocycles. The van der Waals surface area contributed by atoms with E-state index in [-0.39, 0.29) is 12.2 Å². The summed E-state index contributed by atoms with van der Waals surface area (Å²) in [6.07, 6.45) is 5.32. The molecule has 0 bridgehead atoms. The minimum absolute atomic E-state index is 0.00245. The maximum atomic E-state index is 12.7. The first-order valence-corrected chi connectivity index (χ1v) is 8.72. The zero-order chi connectivity index (χ0) is 14.5. The molecule has 2 rings (SSSR count). The van der Waals surface area contributed by atoms with Gasteiger partial charge in [0.1, 0.15) is 6.17 Å². The van der Waals surface area contributed by atoms with Crippen LogP contribution in [-0.4, -0.2) is 22.9 Å². The Bertz CT molecular complexity index is 414. The fraction of sp³-hybridized carbons (Fsp3) is 0.688. The molecule has 0 aliphatic carbocycles. The molecular formula is C16H26N2OS. The van der Waals surface area contributed by atoms with Crippen LogP contribution in [0.3, 0.4) is 0 Å². The molecule has 2 atom stereocenters. The minimum Gasteiger partial charge on any atom is -0.318 e. The summed E-state index contributed by atoms with van der Waals surface area (Å²) >= 11 is 1.73. The van der Waals surface area contributed by atoms with Crippen LogP contribution >= 0.6 is 11.3 Å². The molecule has 1 aliphatic rings. The highest BCUT2D eigenvalue weighted by Crippen LogP contribution is 2.33. The highest BCUT2D eigenvalue weighted by molar-refractivity contribution is 7.10. The molecular weight excluding hydrogens is 268 g/mol. The van der Waals surface area contributed by atoms with Crippen molar-refractivity contribution >= 4 is 17.2 Å². The Morgan fingerprint density at radius 2 is 2.10 bits per heavy atom. The average molecular weight is 294 g/mol. The second kappa shape index (κ2) is 7.23. The SMILES string of the molecule is CCCCC1NC(c2cccs2)N(C(CC)CC)C1=O. The van der Waals surface area contributed by atoms with E-state index in [0.29, 0.717) is 11.9 Å². The Balaban J connectivity index is 2.21. The normalized spacial score (nSPS) is 23.0. The third-order valence-corrected chi connectivity index (χ3v) is 5.11. The monoisotopic (exact) mass is 294 g/mol. The Labute approximate surface area is 126 Å². The van der Waals surface area contributed by atoms with E-state index in [0.717, 1.165) is 32.1 Å². The van der Waals surface area contributed by atoms with Gasteiger partial charge in [0.25, 0.3) is 0 Å². The smallest absolute Gasteiger partial charge is 0.241 e. The molecule has 2 unspecified atom stereocenters. The van der Waals surface area contributed by atoms with Gasteiger partial charge in [-0.3, -0.25) is 10.1 Å². The molecule has 0 spiro atoms. The zero-order valence-electron chi connectivity index (χ0n) is 12.8. The first kappa shape index (κ1) is 15.5. The van der Waals surface area contributed by atoms with Crippen molar-refractivity contribution in [2.45, 2.75) is 71.1 Å². The van der Waals surface area contributed by atoms with Crippen molar-refractivity contribution in [1.82, 2.24) is 10.2 Å². The van der Waals surface area contributed by atoms with Crippen molar-refractivity contribution < 1.29 is 4.79 Å². The highest BCUT2D eigenvalue weighted by Gasteiger charge is 2.42. The lowest BCUT2D eigenvalue weighted by Crippen LogP contribution is -2.39. The molecule has 112 valence electrons. The molecule has 20 heavy (non-hydrogen) atoms. The summed E-state index contributed by atoms with van der Waals surface area (Å²) < 4.78 is 0. The maximum Gasteiger partial charge on any atom is 0.241 e. The minimum atomic E-state index is 0.00245. The summed E-state index contributed by atoms with van der Waals surface area (Å²) in [5.41, 5.74) is 0. The summed E-state index contributed by atoms with van der Waals surface area (Å²) in [6.45, 7) is 6.52. The molecule has 1 amide bonds. The number of nitrogens with one attached hydrogen (secondary N) is 1. The summed E-state index contributed by atoms with van der Waals surface area (Å²) in [7, 11) is 0. The third-order valence-electron chi connectivity index (χ3n) is 4.18. The van der Waals surface area contributed by atoms with E-state index in [4.69, 9.17) is 0 Å². The molecule has 1 aromatic heterocycles. The molecule has 1 saturated heterocycles. The molecule has 1 fully saturated rings. The highest BCUT2D eigenvalue weighted by atomic mass is 32.1. The first-order valence-electron chi connectivity index (χ1n) is 7.84. The van der Waals surface area contributed by atoms with Crippen LogP contribution in [0, 0.1) is 0 Å². The van der Waals surface area contributed by atoms with Gasteiger partial charge in [0.05, 0.1) is 6.04 Å². The Morgan fingerprint density at radius 3 is 2.65 bits per heavy atom. The lowest BCUT2D eigenvalue weighted by molar-refractivity contribution is -0.132. The fourth-order valence-electron chi connectivity index (χ4n) is 3.00. The number of thiophene rings is 1. The summed E-state index contributed by atoms with van der Waals surface area (Å²) in [4.78, 5) is 16.1. The van der Waals surface area contributed by atoms with Gasteiger partial charge in [0, 0.05) is 10.9 Å². The van der Waals surface area contributed by atoms with Gasteiger partial charge >= 0.3 is 0 Å². The van der Waals surface area contributed by atoms with Crippen LogP contribution in [-0.2, 0) is 4.79 Å². The van der Waals surface area contributed by atoms with Crippen molar-refractivity contribution in [1.29, 1.82) is 0 Å². The van der Waals surface area contributed by atoms with Crippen molar-refractivity contribution in [3.05, 3.63) is 22.4 Å². The van der Waals surface area contributed by atoms with E-state index in [1.807, 2.05) is 0 Å². The van der Waals surface area contributed by atoms with E-state index in [1.54, 1.807) is 11.3 Å². The van der Waals surface area contributed by atoms with Crippen molar-refractivity contribution in [3.63, 3.8) is 0 Å². The number of carbonyl (C=O) groups is 1. The number of nitrogens with zero attached hydrogens (tertiary/aromatic N) is 1. The fourth-order valence-corrected chi connectivity index (χ4v) is 3.79. The van der Waals surface area contributed by atoms with Crippen molar-refractivity contribution in [2.75, 3.05) is 0 Å².